The molecule has 1 aliphatic heterocycles. The first-order valence-electron chi connectivity index (χ1n) is 8.80. The number of benzene rings is 1. The molecule has 0 aliphatic carbocycles. The van der Waals surface area contributed by atoms with E-state index >= 15 is 0 Å². The largest absolute Gasteiger partial charge is 0.375 e. The molecular weight excluding hydrogens is 344 g/mol. The maximum atomic E-state index is 12.8. The molecule has 1 fully saturated rings. The number of H-pyrrole nitrogens is 1. The van der Waals surface area contributed by atoms with Gasteiger partial charge in [0.05, 0.1) is 11.3 Å². The van der Waals surface area contributed by atoms with E-state index in [0.717, 1.165) is 29.8 Å². The first-order chi connectivity index (χ1) is 12.6. The van der Waals surface area contributed by atoms with Gasteiger partial charge in [0.2, 0.25) is 0 Å². The third-order valence-corrected chi connectivity index (χ3v) is 6.10. The van der Waals surface area contributed by atoms with Crippen LogP contribution in [0.3, 0.4) is 0 Å². The van der Waals surface area contributed by atoms with E-state index in [0.29, 0.717) is 18.2 Å². The predicted molar refractivity (Wildman–Crippen MR) is 104 cm³/mol. The van der Waals surface area contributed by atoms with Crippen molar-refractivity contribution in [1.29, 1.82) is 0 Å². The van der Waals surface area contributed by atoms with Crippen LogP contribution in [0.2, 0.25) is 0 Å². The van der Waals surface area contributed by atoms with E-state index in [9.17, 15) is 4.79 Å². The molecule has 0 bridgehead atoms. The van der Waals surface area contributed by atoms with Crippen molar-refractivity contribution < 1.29 is 4.79 Å². The summed E-state index contributed by atoms with van der Waals surface area (Å²) in [5.74, 6) is 0.100. The smallest absolute Gasteiger partial charge is 0.255 e. The third-order valence-electron chi connectivity index (χ3n) is 5.43. The van der Waals surface area contributed by atoms with Crippen LogP contribution in [0.1, 0.15) is 40.2 Å². The zero-order chi connectivity index (χ0) is 18.1. The van der Waals surface area contributed by atoms with E-state index < -0.39 is 0 Å². The highest BCUT2D eigenvalue weighted by molar-refractivity contribution is 7.13. The number of nitrogens with zero attached hydrogens (tertiary/aromatic N) is 2. The van der Waals surface area contributed by atoms with Crippen molar-refractivity contribution in [1.82, 2.24) is 14.9 Å². The normalized spacial score (nSPS) is 16.6. The highest BCUT2D eigenvalue weighted by atomic mass is 32.1. The quantitative estimate of drug-likeness (QED) is 0.744. The molecule has 6 heteroatoms. The van der Waals surface area contributed by atoms with E-state index in [1.165, 1.54) is 16.9 Å². The van der Waals surface area contributed by atoms with E-state index in [-0.39, 0.29) is 11.3 Å². The molecule has 0 spiro atoms. The van der Waals surface area contributed by atoms with E-state index in [2.05, 4.69) is 39.6 Å². The van der Waals surface area contributed by atoms with Gasteiger partial charge in [-0.15, -0.1) is 11.3 Å². The van der Waals surface area contributed by atoms with Gasteiger partial charge in [-0.25, -0.2) is 4.98 Å². The average molecular weight is 366 g/mol. The van der Waals surface area contributed by atoms with Crippen LogP contribution in [0, 0.1) is 6.92 Å². The SMILES string of the molecule is Cc1[nH]ccc1C(=O)N1CCC(c2ccccc2)(c2csc(N)n2)CC1. The number of aromatic amines is 1. The number of carbonyl (C=O) groups excluding carboxylic acids is 1. The standard InChI is InChI=1S/C20H22N4OS/c1-14-16(7-10-22-14)18(25)24-11-8-20(9-12-24,15-5-3-2-4-6-15)17-13-26-19(21)23-17/h2-7,10,13,22H,8-9,11-12H2,1H3,(H2,21,23). The number of anilines is 1. The predicted octanol–water partition coefficient (Wildman–Crippen LogP) is 3.58. The van der Waals surface area contributed by atoms with E-state index in [1.807, 2.05) is 30.2 Å². The van der Waals surface area contributed by atoms with Crippen LogP contribution in [0.4, 0.5) is 5.13 Å². The number of hydrogen-bond acceptors (Lipinski definition) is 4. The molecule has 0 saturated carbocycles. The molecule has 1 amide bonds. The third kappa shape index (κ3) is 2.80. The van der Waals surface area contributed by atoms with Crippen molar-refractivity contribution in [2.45, 2.75) is 25.2 Å². The molecule has 3 aromatic rings. The molecule has 26 heavy (non-hydrogen) atoms. The fourth-order valence-electron chi connectivity index (χ4n) is 3.90. The number of nitrogen functional groups attached to an aromatic ring is 1. The molecule has 134 valence electrons. The molecule has 0 unspecified atom stereocenters. The number of nitrogens with one attached hydrogen (secondary N) is 1. The number of nitrogens with two attached hydrogens (primary N) is 1. The van der Waals surface area contributed by atoms with Gasteiger partial charge in [0.25, 0.3) is 5.91 Å². The Bertz CT molecular complexity index is 907. The van der Waals surface area contributed by atoms with Crippen molar-refractivity contribution in [2.75, 3.05) is 18.8 Å². The minimum absolute atomic E-state index is 0.100. The summed E-state index contributed by atoms with van der Waals surface area (Å²) in [5.41, 5.74) is 9.68. The van der Waals surface area contributed by atoms with Gasteiger partial charge in [-0.2, -0.15) is 0 Å². The molecule has 5 nitrogen and oxygen atoms in total. The van der Waals surface area contributed by atoms with Crippen molar-refractivity contribution in [3.63, 3.8) is 0 Å². The summed E-state index contributed by atoms with van der Waals surface area (Å²) < 4.78 is 0. The summed E-state index contributed by atoms with van der Waals surface area (Å²) in [6.45, 7) is 3.34. The highest BCUT2D eigenvalue weighted by Gasteiger charge is 2.41. The minimum Gasteiger partial charge on any atom is -0.375 e. The Labute approximate surface area is 156 Å². The van der Waals surface area contributed by atoms with Gasteiger partial charge in [-0.1, -0.05) is 30.3 Å². The molecule has 0 radical (unpaired) electrons. The lowest BCUT2D eigenvalue weighted by Crippen LogP contribution is -2.46. The number of hydrogen-bond donors (Lipinski definition) is 2. The number of thiazole rings is 1. The number of aryl methyl sites for hydroxylation is 1. The topological polar surface area (TPSA) is 75.0 Å². The number of likely N-dealkylation sites (tertiary alicyclic amines) is 1. The summed E-state index contributed by atoms with van der Waals surface area (Å²) in [4.78, 5) is 22.5. The van der Waals surface area contributed by atoms with Crippen molar-refractivity contribution in [2.24, 2.45) is 0 Å². The lowest BCUT2D eigenvalue weighted by molar-refractivity contribution is 0.0683. The average Bonchev–Trinajstić information content (AvgIpc) is 3.30. The van der Waals surface area contributed by atoms with Crippen LogP contribution in [0.25, 0.3) is 0 Å². The van der Waals surface area contributed by atoms with Crippen LogP contribution in [-0.4, -0.2) is 33.9 Å². The fourth-order valence-corrected chi connectivity index (χ4v) is 4.57. The summed E-state index contributed by atoms with van der Waals surface area (Å²) in [7, 11) is 0. The number of aromatic nitrogens is 2. The van der Waals surface area contributed by atoms with Crippen molar-refractivity contribution >= 4 is 22.4 Å². The molecule has 1 aromatic carbocycles. The van der Waals surface area contributed by atoms with Crippen LogP contribution < -0.4 is 5.73 Å². The summed E-state index contributed by atoms with van der Waals surface area (Å²) in [6, 6.07) is 12.3. The maximum absolute atomic E-state index is 12.8. The van der Waals surface area contributed by atoms with E-state index in [4.69, 9.17) is 5.73 Å². The molecule has 3 heterocycles. The Balaban J connectivity index is 1.63. The second-order valence-corrected chi connectivity index (χ2v) is 7.72. The van der Waals surface area contributed by atoms with E-state index in [1.54, 1.807) is 0 Å². The zero-order valence-corrected chi connectivity index (χ0v) is 15.6. The number of rotatable bonds is 3. The summed E-state index contributed by atoms with van der Waals surface area (Å²) >= 11 is 1.48. The molecule has 3 N–H and O–H groups in total. The van der Waals surface area contributed by atoms with Crippen molar-refractivity contribution in [3.05, 3.63) is 70.5 Å². The molecule has 0 atom stereocenters. The minimum atomic E-state index is -0.181. The first-order valence-corrected chi connectivity index (χ1v) is 9.68. The number of carbonyl (C=O) groups is 1. The van der Waals surface area contributed by atoms with Crippen molar-refractivity contribution in [3.8, 4) is 0 Å². The lowest BCUT2D eigenvalue weighted by Gasteiger charge is -2.41. The monoisotopic (exact) mass is 366 g/mol. The Morgan fingerprint density at radius 2 is 1.96 bits per heavy atom. The molecule has 2 aromatic heterocycles. The highest BCUT2D eigenvalue weighted by Crippen LogP contribution is 2.42. The van der Waals surface area contributed by atoms with Gasteiger partial charge in [0.1, 0.15) is 0 Å². The van der Waals surface area contributed by atoms with Gasteiger partial charge < -0.3 is 15.6 Å². The van der Waals surface area contributed by atoms with Crippen LogP contribution >= 0.6 is 11.3 Å². The Hall–Kier alpha value is -2.60. The Morgan fingerprint density at radius 3 is 2.54 bits per heavy atom. The molecule has 4 rings (SSSR count). The summed E-state index contributed by atoms with van der Waals surface area (Å²) in [5, 5.41) is 2.66. The molecule has 1 saturated heterocycles. The summed E-state index contributed by atoms with van der Waals surface area (Å²) in [6.07, 6.45) is 3.50. The molecular formula is C20H22N4OS. The Kier molecular flexibility index (Phi) is 4.28. The van der Waals surface area contributed by atoms with Crippen LogP contribution in [-0.2, 0) is 5.41 Å². The number of piperidine rings is 1. The maximum Gasteiger partial charge on any atom is 0.255 e. The lowest BCUT2D eigenvalue weighted by atomic mass is 9.70. The first kappa shape index (κ1) is 16.8. The number of amides is 1. The van der Waals surface area contributed by atoms with Gasteiger partial charge >= 0.3 is 0 Å². The van der Waals surface area contributed by atoms with Gasteiger partial charge in [0.15, 0.2) is 5.13 Å². The Morgan fingerprint density at radius 1 is 1.23 bits per heavy atom. The second-order valence-electron chi connectivity index (χ2n) is 6.83. The van der Waals surface area contributed by atoms with Crippen LogP contribution in [0.15, 0.2) is 48.0 Å². The van der Waals surface area contributed by atoms with Gasteiger partial charge in [-0.3, -0.25) is 4.79 Å². The molecule has 1 aliphatic rings. The van der Waals surface area contributed by atoms with Crippen LogP contribution in [0.5, 0.6) is 0 Å². The second kappa shape index (κ2) is 6.61. The fraction of sp³-hybridized carbons (Fsp3) is 0.300. The zero-order valence-electron chi connectivity index (χ0n) is 14.7. The van der Waals surface area contributed by atoms with Gasteiger partial charge in [-0.05, 0) is 31.4 Å². The van der Waals surface area contributed by atoms with Gasteiger partial charge in [0, 0.05) is 35.8 Å².